The molecule has 1 aliphatic heterocycles. The first kappa shape index (κ1) is 43.4. The number of nitrogens with zero attached hydrogens (tertiary/aromatic N) is 2. The summed E-state index contributed by atoms with van der Waals surface area (Å²) in [5.74, 6) is 1.87. The average molecular weight is 775 g/mol. The Kier molecular flexibility index (Phi) is 15.3. The van der Waals surface area contributed by atoms with Gasteiger partial charge in [0, 0.05) is 66.4 Å². The number of allylic oxidation sites excluding steroid dienone is 2. The molecule has 1 heterocycles. The summed E-state index contributed by atoms with van der Waals surface area (Å²) in [6.45, 7) is 25.4. The van der Waals surface area contributed by atoms with Gasteiger partial charge in [-0.2, -0.15) is 5.10 Å². The molecule has 3 amide bonds. The Bertz CT molecular complexity index is 2150. The summed E-state index contributed by atoms with van der Waals surface area (Å²) in [6, 6.07) is 6.41. The van der Waals surface area contributed by atoms with Crippen LogP contribution in [0.25, 0.3) is 40.8 Å². The number of likely N-dealkylation sites (tertiary alicyclic amines) is 1. The van der Waals surface area contributed by atoms with Crippen LogP contribution in [0.5, 0.6) is 5.75 Å². The highest BCUT2D eigenvalue weighted by Gasteiger charge is 2.34. The van der Waals surface area contributed by atoms with E-state index in [1.807, 2.05) is 17.9 Å². The summed E-state index contributed by atoms with van der Waals surface area (Å²) in [6.07, 6.45) is 14.9. The zero-order chi connectivity index (χ0) is 41.2. The Morgan fingerprint density at radius 3 is 2.47 bits per heavy atom. The zero-order valence-electron chi connectivity index (χ0n) is 35.6. The number of carbonyl (C=O) groups excluding carboxylic acids is 3. The minimum atomic E-state index is -0.0925. The van der Waals surface area contributed by atoms with Crippen molar-refractivity contribution >= 4 is 64.2 Å². The fraction of sp³-hybridized carbons (Fsp3) is 0.510. The quantitative estimate of drug-likeness (QED) is 0.0552. The lowest BCUT2D eigenvalue weighted by Gasteiger charge is -2.29. The maximum atomic E-state index is 13.0. The molecule has 2 N–H and O–H groups in total. The average Bonchev–Trinajstić information content (AvgIpc) is 3.51. The molecule has 1 aliphatic carbocycles. The molecule has 8 heteroatoms. The zero-order valence-corrected chi connectivity index (χ0v) is 35.6. The van der Waals surface area contributed by atoms with Gasteiger partial charge < -0.3 is 15.0 Å². The van der Waals surface area contributed by atoms with Crippen molar-refractivity contribution in [2.45, 2.75) is 125 Å². The predicted molar refractivity (Wildman–Crippen MR) is 238 cm³/mol. The van der Waals surface area contributed by atoms with Crippen molar-refractivity contribution in [3.8, 4) is 5.75 Å². The maximum absolute atomic E-state index is 13.0. The molecule has 2 aliphatic rings. The number of hydrogen-bond acceptors (Lipinski definition) is 5. The van der Waals surface area contributed by atoms with Crippen LogP contribution in [0.2, 0.25) is 0 Å². The Morgan fingerprint density at radius 1 is 1.00 bits per heavy atom. The molecule has 0 saturated carbocycles. The number of amides is 3. The van der Waals surface area contributed by atoms with Crippen LogP contribution in [0.4, 0.5) is 0 Å². The van der Waals surface area contributed by atoms with Crippen LogP contribution >= 0.6 is 0 Å². The molecule has 0 bridgehead atoms. The highest BCUT2D eigenvalue weighted by atomic mass is 16.5. The van der Waals surface area contributed by atoms with Crippen molar-refractivity contribution in [3.63, 3.8) is 0 Å². The van der Waals surface area contributed by atoms with Gasteiger partial charge in [0.25, 0.3) is 0 Å². The molecule has 8 nitrogen and oxygen atoms in total. The van der Waals surface area contributed by atoms with E-state index in [-0.39, 0.29) is 29.6 Å². The number of hydrogen-bond donors (Lipinski definition) is 2. The van der Waals surface area contributed by atoms with E-state index in [9.17, 15) is 14.4 Å². The normalized spacial score (nSPS) is 18.3. The van der Waals surface area contributed by atoms with Gasteiger partial charge in [0.2, 0.25) is 17.7 Å². The summed E-state index contributed by atoms with van der Waals surface area (Å²) >= 11 is 0. The Labute approximate surface area is 340 Å². The van der Waals surface area contributed by atoms with Crippen molar-refractivity contribution in [2.75, 3.05) is 20.2 Å². The second-order valence-corrected chi connectivity index (χ2v) is 16.2. The van der Waals surface area contributed by atoms with Crippen LogP contribution in [-0.4, -0.2) is 48.5 Å². The van der Waals surface area contributed by atoms with Crippen LogP contribution in [0.3, 0.4) is 0 Å². The van der Waals surface area contributed by atoms with Gasteiger partial charge in [-0.25, -0.2) is 5.43 Å². The summed E-state index contributed by atoms with van der Waals surface area (Å²) in [7, 11) is 1.75. The maximum Gasteiger partial charge on any atom is 0.240 e. The summed E-state index contributed by atoms with van der Waals surface area (Å²) in [4.78, 5) is 40.2. The Hall–Kier alpha value is -4.72. The summed E-state index contributed by atoms with van der Waals surface area (Å²) in [5, 5.41) is 13.9. The largest absolute Gasteiger partial charge is 0.496 e. The number of fused-ring (bicyclic) bond motifs is 3. The number of carbonyl (C=O) groups is 3. The molecule has 1 saturated heterocycles. The molecule has 3 atom stereocenters. The number of unbranched alkanes of at least 4 members (excludes halogenated alkanes) is 2. The molecular weight excluding hydrogens is 709 g/mol. The van der Waals surface area contributed by atoms with Gasteiger partial charge in [0.05, 0.1) is 7.11 Å². The summed E-state index contributed by atoms with van der Waals surface area (Å²) < 4.78 is 6.18. The van der Waals surface area contributed by atoms with Crippen molar-refractivity contribution in [3.05, 3.63) is 69.2 Å². The molecule has 306 valence electrons. The standard InChI is InChI=1S/C49H66N4O4/c1-10-19-42-37(21-18-24-43(54)50-30-31(5)11-2)29-45(56)53(42)27-16-14-15-23-44(55)52-51-34(8)36-25-26-40-41(28-36)38(13-4)47-32(6)39-22-17-20-35(12-3)46(39)33(7)48(47)49(40)57-9/h13,17,19-20,22,31,36-37H,4,6-7,10-12,14-16,18,21,23-30H2,1-3,5,8-9H3,(H,50,54)(H,52,55)/b42-19+,51-34+. The summed E-state index contributed by atoms with van der Waals surface area (Å²) in [5.41, 5.74) is 9.60. The topological polar surface area (TPSA) is 100 Å². The Balaban J connectivity index is 1.15. The van der Waals surface area contributed by atoms with Crippen molar-refractivity contribution in [1.82, 2.24) is 15.6 Å². The number of rotatable bonds is 19. The smallest absolute Gasteiger partial charge is 0.240 e. The highest BCUT2D eigenvalue weighted by Crippen LogP contribution is 2.41. The molecule has 0 aromatic heterocycles. The van der Waals surface area contributed by atoms with E-state index < -0.39 is 0 Å². The fourth-order valence-corrected chi connectivity index (χ4v) is 9.02. The van der Waals surface area contributed by atoms with Crippen molar-refractivity contribution in [2.24, 2.45) is 22.9 Å². The molecule has 57 heavy (non-hydrogen) atoms. The molecule has 3 aromatic rings. The van der Waals surface area contributed by atoms with Gasteiger partial charge in [0.1, 0.15) is 5.75 Å². The third-order valence-electron chi connectivity index (χ3n) is 12.5. The third kappa shape index (κ3) is 9.70. The minimum absolute atomic E-state index is 0.0925. The number of methoxy groups -OCH3 is 1. The molecule has 1 fully saturated rings. The third-order valence-corrected chi connectivity index (χ3v) is 12.5. The van der Waals surface area contributed by atoms with Crippen molar-refractivity contribution in [1.29, 1.82) is 0 Å². The lowest BCUT2D eigenvalue weighted by Crippen LogP contribution is -2.28. The van der Waals surface area contributed by atoms with Crippen LogP contribution in [0.15, 0.2) is 41.7 Å². The van der Waals surface area contributed by atoms with E-state index in [4.69, 9.17) is 4.74 Å². The molecule has 0 radical (unpaired) electrons. The first-order chi connectivity index (χ1) is 27.5. The number of hydrazone groups is 1. The van der Waals surface area contributed by atoms with Gasteiger partial charge >= 0.3 is 0 Å². The van der Waals surface area contributed by atoms with E-state index in [0.717, 1.165) is 132 Å². The lowest BCUT2D eigenvalue weighted by atomic mass is 9.76. The van der Waals surface area contributed by atoms with E-state index in [2.05, 4.69) is 87.6 Å². The van der Waals surface area contributed by atoms with Gasteiger partial charge in [-0.15, -0.1) is 0 Å². The molecule has 5 rings (SSSR count). The second-order valence-electron chi connectivity index (χ2n) is 16.2. The fourth-order valence-electron chi connectivity index (χ4n) is 9.02. The van der Waals surface area contributed by atoms with E-state index in [1.54, 1.807) is 7.11 Å². The van der Waals surface area contributed by atoms with Crippen LogP contribution in [0, 0.1) is 17.8 Å². The van der Waals surface area contributed by atoms with Crippen LogP contribution < -0.4 is 25.9 Å². The SMILES string of the molecule is C=Cc1c2c(c(OC)c3c(=C)c4c(CC)cccc4c(=C)c13)CCC(/C(C)=N/NC(=O)CCCCCN1C(=O)CC(CCCC(=O)NCC(C)CC)/C1=C\CC)C2. The molecule has 3 aromatic carbocycles. The van der Waals surface area contributed by atoms with E-state index in [0.29, 0.717) is 31.7 Å². The first-order valence-electron chi connectivity index (χ1n) is 21.5. The van der Waals surface area contributed by atoms with Crippen LogP contribution in [-0.2, 0) is 33.6 Å². The first-order valence-corrected chi connectivity index (χ1v) is 21.5. The molecule has 0 spiro atoms. The van der Waals surface area contributed by atoms with Gasteiger partial charge in [0.15, 0.2) is 0 Å². The van der Waals surface area contributed by atoms with Crippen LogP contribution in [0.1, 0.15) is 128 Å². The van der Waals surface area contributed by atoms with Gasteiger partial charge in [-0.1, -0.05) is 90.6 Å². The Morgan fingerprint density at radius 2 is 1.77 bits per heavy atom. The van der Waals surface area contributed by atoms with Gasteiger partial charge in [-0.3, -0.25) is 14.4 Å². The van der Waals surface area contributed by atoms with E-state index in [1.165, 1.54) is 16.7 Å². The van der Waals surface area contributed by atoms with Crippen molar-refractivity contribution < 1.29 is 19.1 Å². The monoisotopic (exact) mass is 775 g/mol. The number of ether oxygens (including phenoxy) is 1. The molecular formula is C49H66N4O4. The number of benzene rings is 3. The minimum Gasteiger partial charge on any atom is -0.496 e. The number of aryl methyl sites for hydroxylation is 1. The molecule has 3 unspecified atom stereocenters. The van der Waals surface area contributed by atoms with E-state index >= 15 is 0 Å². The van der Waals surface area contributed by atoms with Gasteiger partial charge in [-0.05, 0) is 114 Å². The number of nitrogens with one attached hydrogen (secondary N) is 2. The lowest BCUT2D eigenvalue weighted by molar-refractivity contribution is -0.127. The predicted octanol–water partition coefficient (Wildman–Crippen LogP) is 8.66. The highest BCUT2D eigenvalue weighted by molar-refractivity contribution is 6.07. The second kappa shape index (κ2) is 20.1.